The molecule has 0 aliphatic heterocycles. The fourth-order valence-electron chi connectivity index (χ4n) is 2.09. The van der Waals surface area contributed by atoms with Gasteiger partial charge in [-0.25, -0.2) is 4.39 Å². The first kappa shape index (κ1) is 17.7. The standard InChI is InChI=1S/C17H17Cl2FN2O/c1-11(22(2)10-12-4-3-5-14(20)8-12)17(23)21-16-9-13(18)6-7-15(16)19/h3-9,11H,10H2,1-2H3,(H,21,23). The van der Waals surface area contributed by atoms with Gasteiger partial charge in [0.05, 0.1) is 16.8 Å². The fraction of sp³-hybridized carbons (Fsp3) is 0.235. The lowest BCUT2D eigenvalue weighted by Crippen LogP contribution is -2.39. The number of likely N-dealkylation sites (N-methyl/N-ethyl adjacent to an activating group) is 1. The van der Waals surface area contributed by atoms with Crippen molar-refractivity contribution in [3.63, 3.8) is 0 Å². The van der Waals surface area contributed by atoms with E-state index in [9.17, 15) is 9.18 Å². The summed E-state index contributed by atoms with van der Waals surface area (Å²) in [5, 5.41) is 3.67. The van der Waals surface area contributed by atoms with Crippen molar-refractivity contribution in [1.29, 1.82) is 0 Å². The minimum Gasteiger partial charge on any atom is -0.323 e. The quantitative estimate of drug-likeness (QED) is 0.851. The largest absolute Gasteiger partial charge is 0.323 e. The normalized spacial score (nSPS) is 12.3. The maximum absolute atomic E-state index is 13.2. The molecule has 0 bridgehead atoms. The van der Waals surface area contributed by atoms with Gasteiger partial charge >= 0.3 is 0 Å². The van der Waals surface area contributed by atoms with Gasteiger partial charge in [0.25, 0.3) is 0 Å². The van der Waals surface area contributed by atoms with E-state index in [4.69, 9.17) is 23.2 Å². The summed E-state index contributed by atoms with van der Waals surface area (Å²) in [7, 11) is 1.80. The Balaban J connectivity index is 2.02. The molecule has 0 aromatic heterocycles. The summed E-state index contributed by atoms with van der Waals surface area (Å²) in [6, 6.07) is 10.8. The van der Waals surface area contributed by atoms with Crippen LogP contribution in [0.2, 0.25) is 10.0 Å². The molecule has 1 N–H and O–H groups in total. The summed E-state index contributed by atoms with van der Waals surface area (Å²) in [5.41, 5.74) is 1.27. The van der Waals surface area contributed by atoms with Gasteiger partial charge in [0, 0.05) is 11.6 Å². The number of halogens is 3. The van der Waals surface area contributed by atoms with Gasteiger partial charge in [-0.05, 0) is 49.9 Å². The summed E-state index contributed by atoms with van der Waals surface area (Å²) in [6.07, 6.45) is 0. The molecule has 2 rings (SSSR count). The molecular formula is C17H17Cl2FN2O. The van der Waals surface area contributed by atoms with Crippen LogP contribution < -0.4 is 5.32 Å². The van der Waals surface area contributed by atoms with Crippen LogP contribution in [-0.4, -0.2) is 23.9 Å². The third kappa shape index (κ3) is 4.93. The Kier molecular flexibility index (Phi) is 5.99. The van der Waals surface area contributed by atoms with E-state index in [1.165, 1.54) is 12.1 Å². The van der Waals surface area contributed by atoms with E-state index in [1.807, 2.05) is 11.0 Å². The van der Waals surface area contributed by atoms with Gasteiger partial charge in [-0.1, -0.05) is 35.3 Å². The van der Waals surface area contributed by atoms with Crippen molar-refractivity contribution < 1.29 is 9.18 Å². The summed E-state index contributed by atoms with van der Waals surface area (Å²) in [4.78, 5) is 14.2. The average molecular weight is 355 g/mol. The minimum atomic E-state index is -0.423. The predicted octanol–water partition coefficient (Wildman–Crippen LogP) is 4.59. The number of carbonyl (C=O) groups excluding carboxylic acids is 1. The van der Waals surface area contributed by atoms with E-state index in [0.717, 1.165) is 5.56 Å². The van der Waals surface area contributed by atoms with E-state index < -0.39 is 6.04 Å². The second-order valence-electron chi connectivity index (χ2n) is 5.33. The molecule has 0 radical (unpaired) electrons. The Morgan fingerprint density at radius 1 is 1.26 bits per heavy atom. The van der Waals surface area contributed by atoms with Crippen molar-refractivity contribution in [2.24, 2.45) is 0 Å². The molecule has 3 nitrogen and oxygen atoms in total. The molecule has 0 aliphatic carbocycles. The Hall–Kier alpha value is -1.62. The Morgan fingerprint density at radius 2 is 2.00 bits per heavy atom. The Labute approximate surface area is 145 Å². The number of benzene rings is 2. The van der Waals surface area contributed by atoms with Crippen LogP contribution in [0.1, 0.15) is 12.5 Å². The predicted molar refractivity (Wildman–Crippen MR) is 92.4 cm³/mol. The lowest BCUT2D eigenvalue weighted by atomic mass is 10.2. The number of carbonyl (C=O) groups is 1. The minimum absolute atomic E-state index is 0.215. The van der Waals surface area contributed by atoms with Crippen LogP contribution in [0.5, 0.6) is 0 Å². The van der Waals surface area contributed by atoms with Gasteiger partial charge in [-0.3, -0.25) is 9.69 Å². The number of hydrogen-bond donors (Lipinski definition) is 1. The highest BCUT2D eigenvalue weighted by molar-refractivity contribution is 6.35. The average Bonchev–Trinajstić information content (AvgIpc) is 2.50. The summed E-state index contributed by atoms with van der Waals surface area (Å²) < 4.78 is 13.2. The molecule has 2 aromatic rings. The third-order valence-corrected chi connectivity index (χ3v) is 4.11. The van der Waals surface area contributed by atoms with Crippen molar-refractivity contribution in [2.75, 3.05) is 12.4 Å². The Bertz CT molecular complexity index is 709. The number of hydrogen-bond acceptors (Lipinski definition) is 2. The SMILES string of the molecule is CC(C(=O)Nc1cc(Cl)ccc1Cl)N(C)Cc1cccc(F)c1. The number of rotatable bonds is 5. The molecule has 0 saturated heterocycles. The van der Waals surface area contributed by atoms with Gasteiger partial charge in [-0.2, -0.15) is 0 Å². The maximum atomic E-state index is 13.2. The highest BCUT2D eigenvalue weighted by Crippen LogP contribution is 2.25. The van der Waals surface area contributed by atoms with Crippen LogP contribution in [-0.2, 0) is 11.3 Å². The summed E-state index contributed by atoms with van der Waals surface area (Å²) >= 11 is 12.0. The summed E-state index contributed by atoms with van der Waals surface area (Å²) in [6.45, 7) is 2.22. The van der Waals surface area contributed by atoms with Gasteiger partial charge in [0.15, 0.2) is 0 Å². The molecule has 0 aliphatic rings. The van der Waals surface area contributed by atoms with Crippen molar-refractivity contribution in [2.45, 2.75) is 19.5 Å². The molecule has 0 spiro atoms. The maximum Gasteiger partial charge on any atom is 0.241 e. The molecule has 2 aromatic carbocycles. The van der Waals surface area contributed by atoms with Gasteiger partial charge in [0.2, 0.25) is 5.91 Å². The lowest BCUT2D eigenvalue weighted by Gasteiger charge is -2.24. The van der Waals surface area contributed by atoms with Crippen LogP contribution in [0.3, 0.4) is 0 Å². The first-order valence-electron chi connectivity index (χ1n) is 7.07. The number of amides is 1. The molecule has 1 atom stereocenters. The highest BCUT2D eigenvalue weighted by Gasteiger charge is 2.19. The zero-order valence-corrected chi connectivity index (χ0v) is 14.3. The number of anilines is 1. The molecule has 0 heterocycles. The first-order valence-corrected chi connectivity index (χ1v) is 7.83. The molecule has 1 amide bonds. The number of nitrogens with zero attached hydrogens (tertiary/aromatic N) is 1. The molecule has 0 saturated carbocycles. The van der Waals surface area contributed by atoms with E-state index in [1.54, 1.807) is 38.2 Å². The molecule has 6 heteroatoms. The van der Waals surface area contributed by atoms with Crippen LogP contribution in [0.25, 0.3) is 0 Å². The smallest absolute Gasteiger partial charge is 0.241 e. The molecular weight excluding hydrogens is 338 g/mol. The first-order chi connectivity index (χ1) is 10.9. The number of nitrogens with one attached hydrogen (secondary N) is 1. The van der Waals surface area contributed by atoms with Crippen LogP contribution >= 0.6 is 23.2 Å². The van der Waals surface area contributed by atoms with Crippen molar-refractivity contribution in [3.05, 3.63) is 63.9 Å². The van der Waals surface area contributed by atoms with Gasteiger partial charge in [0.1, 0.15) is 5.82 Å². The molecule has 23 heavy (non-hydrogen) atoms. The molecule has 1 unspecified atom stereocenters. The summed E-state index contributed by atoms with van der Waals surface area (Å²) in [5.74, 6) is -0.508. The van der Waals surface area contributed by atoms with Gasteiger partial charge in [-0.15, -0.1) is 0 Å². The van der Waals surface area contributed by atoms with E-state index in [-0.39, 0.29) is 11.7 Å². The zero-order chi connectivity index (χ0) is 17.0. The zero-order valence-electron chi connectivity index (χ0n) is 12.8. The van der Waals surface area contributed by atoms with Crippen LogP contribution in [0, 0.1) is 5.82 Å². The Morgan fingerprint density at radius 3 is 2.70 bits per heavy atom. The third-order valence-electron chi connectivity index (χ3n) is 3.55. The van der Waals surface area contributed by atoms with Crippen LogP contribution in [0.4, 0.5) is 10.1 Å². The molecule has 122 valence electrons. The van der Waals surface area contributed by atoms with Crippen molar-refractivity contribution in [3.8, 4) is 0 Å². The second kappa shape index (κ2) is 7.77. The van der Waals surface area contributed by atoms with Crippen molar-refractivity contribution in [1.82, 2.24) is 4.90 Å². The topological polar surface area (TPSA) is 32.3 Å². The fourth-order valence-corrected chi connectivity index (χ4v) is 2.43. The molecule has 0 fully saturated rings. The van der Waals surface area contributed by atoms with E-state index in [0.29, 0.717) is 22.3 Å². The highest BCUT2D eigenvalue weighted by atomic mass is 35.5. The lowest BCUT2D eigenvalue weighted by molar-refractivity contribution is -0.120. The monoisotopic (exact) mass is 354 g/mol. The van der Waals surface area contributed by atoms with E-state index in [2.05, 4.69) is 5.32 Å². The van der Waals surface area contributed by atoms with Gasteiger partial charge < -0.3 is 5.32 Å². The van der Waals surface area contributed by atoms with Crippen molar-refractivity contribution >= 4 is 34.8 Å². The van der Waals surface area contributed by atoms with E-state index >= 15 is 0 Å². The van der Waals surface area contributed by atoms with Crippen LogP contribution in [0.15, 0.2) is 42.5 Å². The second-order valence-corrected chi connectivity index (χ2v) is 6.18.